The molecule has 1 aliphatic heterocycles. The van der Waals surface area contributed by atoms with Crippen molar-refractivity contribution in [3.05, 3.63) is 35.9 Å². The number of carbonyl (C=O) groups excluding carboxylic acids is 2. The number of amides is 3. The SMILES string of the molecule is CC(=O)NC1CN(C(=O)N[C@@H](C)CC(C)(C)c2ccccc2)C1. The van der Waals surface area contributed by atoms with Gasteiger partial charge in [-0.1, -0.05) is 44.2 Å². The van der Waals surface area contributed by atoms with Gasteiger partial charge in [-0.05, 0) is 24.3 Å². The van der Waals surface area contributed by atoms with Gasteiger partial charge in [0.25, 0.3) is 0 Å². The molecule has 1 fully saturated rings. The van der Waals surface area contributed by atoms with E-state index in [1.165, 1.54) is 12.5 Å². The number of urea groups is 1. The van der Waals surface area contributed by atoms with Crippen LogP contribution in [0.5, 0.6) is 0 Å². The first-order chi connectivity index (χ1) is 10.8. The van der Waals surface area contributed by atoms with Crippen LogP contribution in [0.25, 0.3) is 0 Å². The van der Waals surface area contributed by atoms with Crippen LogP contribution in [0.3, 0.4) is 0 Å². The van der Waals surface area contributed by atoms with Crippen LogP contribution in [0.15, 0.2) is 30.3 Å². The smallest absolute Gasteiger partial charge is 0.317 e. The van der Waals surface area contributed by atoms with Crippen LogP contribution in [-0.4, -0.2) is 42.0 Å². The van der Waals surface area contributed by atoms with E-state index in [-0.39, 0.29) is 29.4 Å². The van der Waals surface area contributed by atoms with Crippen molar-refractivity contribution >= 4 is 11.9 Å². The molecule has 0 radical (unpaired) electrons. The lowest BCUT2D eigenvalue weighted by molar-refractivity contribution is -0.120. The maximum Gasteiger partial charge on any atom is 0.317 e. The highest BCUT2D eigenvalue weighted by atomic mass is 16.2. The minimum Gasteiger partial charge on any atom is -0.350 e. The average Bonchev–Trinajstić information content (AvgIpc) is 2.42. The zero-order valence-corrected chi connectivity index (χ0v) is 14.4. The summed E-state index contributed by atoms with van der Waals surface area (Å²) >= 11 is 0. The van der Waals surface area contributed by atoms with Gasteiger partial charge in [-0.3, -0.25) is 4.79 Å². The lowest BCUT2D eigenvalue weighted by atomic mass is 9.79. The molecule has 2 N–H and O–H groups in total. The van der Waals surface area contributed by atoms with Crippen molar-refractivity contribution in [1.82, 2.24) is 15.5 Å². The monoisotopic (exact) mass is 317 g/mol. The molecule has 0 saturated carbocycles. The van der Waals surface area contributed by atoms with Crippen molar-refractivity contribution in [2.24, 2.45) is 0 Å². The third-order valence-electron chi connectivity index (χ3n) is 4.32. The van der Waals surface area contributed by atoms with Gasteiger partial charge in [0, 0.05) is 26.1 Å². The van der Waals surface area contributed by atoms with Crippen molar-refractivity contribution < 1.29 is 9.59 Å². The molecule has 1 atom stereocenters. The standard InChI is InChI=1S/C18H27N3O2/c1-13(10-18(3,4)15-8-6-5-7-9-15)19-17(23)21-11-16(12-21)20-14(2)22/h5-9,13,16H,10-12H2,1-4H3,(H,19,23)(H,20,22)/t13-/m0/s1. The van der Waals surface area contributed by atoms with Crippen LogP contribution in [0.2, 0.25) is 0 Å². The molecule has 0 bridgehead atoms. The third kappa shape index (κ3) is 4.71. The molecule has 126 valence electrons. The highest BCUT2D eigenvalue weighted by Crippen LogP contribution is 2.28. The summed E-state index contributed by atoms with van der Waals surface area (Å²) in [5.41, 5.74) is 1.28. The van der Waals surface area contributed by atoms with Crippen molar-refractivity contribution in [2.45, 2.75) is 51.6 Å². The summed E-state index contributed by atoms with van der Waals surface area (Å²) in [7, 11) is 0. The molecule has 1 saturated heterocycles. The van der Waals surface area contributed by atoms with Crippen molar-refractivity contribution in [2.75, 3.05) is 13.1 Å². The number of benzene rings is 1. The van der Waals surface area contributed by atoms with Crippen LogP contribution < -0.4 is 10.6 Å². The molecule has 0 unspecified atom stereocenters. The normalized spacial score (nSPS) is 16.4. The maximum atomic E-state index is 12.2. The molecule has 1 aromatic rings. The zero-order chi connectivity index (χ0) is 17.0. The molecule has 3 amide bonds. The van der Waals surface area contributed by atoms with E-state index in [0.29, 0.717) is 13.1 Å². The second-order valence-corrected chi connectivity index (χ2v) is 7.11. The summed E-state index contributed by atoms with van der Waals surface area (Å²) in [6, 6.07) is 10.5. The minimum absolute atomic E-state index is 0.00161. The van der Waals surface area contributed by atoms with Crippen molar-refractivity contribution in [3.63, 3.8) is 0 Å². The maximum absolute atomic E-state index is 12.2. The summed E-state index contributed by atoms with van der Waals surface area (Å²) in [5.74, 6) is -0.0481. The second-order valence-electron chi connectivity index (χ2n) is 7.11. The van der Waals surface area contributed by atoms with Gasteiger partial charge in [0.1, 0.15) is 0 Å². The summed E-state index contributed by atoms with van der Waals surface area (Å²) in [4.78, 5) is 24.9. The van der Waals surface area contributed by atoms with E-state index < -0.39 is 0 Å². The number of hydrogen-bond acceptors (Lipinski definition) is 2. The molecule has 0 spiro atoms. The number of nitrogens with one attached hydrogen (secondary N) is 2. The van der Waals surface area contributed by atoms with E-state index in [1.54, 1.807) is 4.90 Å². The van der Waals surface area contributed by atoms with E-state index in [1.807, 2.05) is 25.1 Å². The molecular weight excluding hydrogens is 290 g/mol. The highest BCUT2D eigenvalue weighted by Gasteiger charge is 2.32. The lowest BCUT2D eigenvalue weighted by Gasteiger charge is -2.40. The predicted octanol–water partition coefficient (Wildman–Crippen LogP) is 2.27. The van der Waals surface area contributed by atoms with E-state index in [0.717, 1.165) is 6.42 Å². The Balaban J connectivity index is 1.80. The van der Waals surface area contributed by atoms with E-state index in [9.17, 15) is 9.59 Å². The van der Waals surface area contributed by atoms with Crippen LogP contribution in [0, 0.1) is 0 Å². The summed E-state index contributed by atoms with van der Waals surface area (Å²) in [5, 5.41) is 5.87. The first kappa shape index (κ1) is 17.3. The largest absolute Gasteiger partial charge is 0.350 e. The molecule has 2 rings (SSSR count). The molecule has 1 heterocycles. The number of hydrogen-bond donors (Lipinski definition) is 2. The Morgan fingerprint density at radius 3 is 2.43 bits per heavy atom. The Kier molecular flexibility index (Phi) is 5.29. The van der Waals surface area contributed by atoms with E-state index in [2.05, 4.69) is 36.6 Å². The molecule has 0 aliphatic carbocycles. The second kappa shape index (κ2) is 7.02. The molecular formula is C18H27N3O2. The lowest BCUT2D eigenvalue weighted by Crippen LogP contribution is -2.63. The van der Waals surface area contributed by atoms with Crippen LogP contribution in [0.1, 0.15) is 39.7 Å². The summed E-state index contributed by atoms with van der Waals surface area (Å²) < 4.78 is 0. The average molecular weight is 317 g/mol. The van der Waals surface area contributed by atoms with Crippen LogP contribution in [-0.2, 0) is 10.2 Å². The molecule has 1 aromatic carbocycles. The topological polar surface area (TPSA) is 61.4 Å². The van der Waals surface area contributed by atoms with Gasteiger partial charge in [-0.15, -0.1) is 0 Å². The Labute approximate surface area is 138 Å². The number of carbonyl (C=O) groups is 2. The molecule has 5 heteroatoms. The first-order valence-electron chi connectivity index (χ1n) is 8.16. The van der Waals surface area contributed by atoms with Gasteiger partial charge < -0.3 is 15.5 Å². The van der Waals surface area contributed by atoms with Gasteiger partial charge in [0.05, 0.1) is 6.04 Å². The number of rotatable bonds is 5. The van der Waals surface area contributed by atoms with E-state index in [4.69, 9.17) is 0 Å². The fourth-order valence-corrected chi connectivity index (χ4v) is 3.15. The first-order valence-corrected chi connectivity index (χ1v) is 8.16. The van der Waals surface area contributed by atoms with Gasteiger partial charge in [-0.2, -0.15) is 0 Å². The predicted molar refractivity (Wildman–Crippen MR) is 91.3 cm³/mol. The molecule has 0 aromatic heterocycles. The van der Waals surface area contributed by atoms with Crippen molar-refractivity contribution in [3.8, 4) is 0 Å². The zero-order valence-electron chi connectivity index (χ0n) is 14.4. The third-order valence-corrected chi connectivity index (χ3v) is 4.32. The summed E-state index contributed by atoms with van der Waals surface area (Å²) in [6.07, 6.45) is 0.867. The van der Waals surface area contributed by atoms with Gasteiger partial charge in [0.2, 0.25) is 5.91 Å². The Morgan fingerprint density at radius 2 is 1.87 bits per heavy atom. The van der Waals surface area contributed by atoms with Crippen LogP contribution >= 0.6 is 0 Å². The quantitative estimate of drug-likeness (QED) is 0.875. The molecule has 1 aliphatic rings. The van der Waals surface area contributed by atoms with Gasteiger partial charge in [-0.25, -0.2) is 4.79 Å². The van der Waals surface area contributed by atoms with Crippen LogP contribution in [0.4, 0.5) is 4.79 Å². The van der Waals surface area contributed by atoms with Crippen molar-refractivity contribution in [1.29, 1.82) is 0 Å². The van der Waals surface area contributed by atoms with Gasteiger partial charge in [0.15, 0.2) is 0 Å². The highest BCUT2D eigenvalue weighted by molar-refractivity contribution is 5.77. The van der Waals surface area contributed by atoms with Gasteiger partial charge >= 0.3 is 6.03 Å². The Bertz CT molecular complexity index is 551. The number of nitrogens with zero attached hydrogens (tertiary/aromatic N) is 1. The minimum atomic E-state index is -0.0528. The Hall–Kier alpha value is -2.04. The fraction of sp³-hybridized carbons (Fsp3) is 0.556. The van der Waals surface area contributed by atoms with E-state index >= 15 is 0 Å². The molecule has 23 heavy (non-hydrogen) atoms. The fourth-order valence-electron chi connectivity index (χ4n) is 3.15. The number of likely N-dealkylation sites (tertiary alicyclic amines) is 1. The Morgan fingerprint density at radius 1 is 1.26 bits per heavy atom. The summed E-state index contributed by atoms with van der Waals surface area (Å²) in [6.45, 7) is 9.09. The molecule has 5 nitrogen and oxygen atoms in total.